The molecule has 0 N–H and O–H groups in total. The molecule has 1 heterocycles. The summed E-state index contributed by atoms with van der Waals surface area (Å²) in [7, 11) is 0. The molecule has 0 spiro atoms. The monoisotopic (exact) mass is 315 g/mol. The standard InChI is InChI=1S/C17H17NOS2/c1-2-18-13-9-6-10-14(19)17(13)21-16(18)11-15(20)12-7-4-3-5-8-12/h3-5,7-8,11H,2,6,9-10H2,1H3/b16-11+. The number of thioether (sulfide) groups is 1. The second-order valence-electron chi connectivity index (χ2n) is 5.11. The highest BCUT2D eigenvalue weighted by Gasteiger charge is 2.33. The number of nitrogens with zero attached hydrogens (tertiary/aromatic N) is 1. The summed E-state index contributed by atoms with van der Waals surface area (Å²) in [5, 5.41) is 1.09. The molecule has 108 valence electrons. The molecule has 1 aromatic carbocycles. The Hall–Kier alpha value is -1.39. The molecular weight excluding hydrogens is 298 g/mol. The molecule has 2 nitrogen and oxygen atoms in total. The Morgan fingerprint density at radius 1 is 1.33 bits per heavy atom. The highest BCUT2D eigenvalue weighted by atomic mass is 32.2. The van der Waals surface area contributed by atoms with E-state index in [1.54, 1.807) is 11.8 Å². The molecule has 1 aromatic rings. The van der Waals surface area contributed by atoms with Crippen LogP contribution in [0, 0.1) is 0 Å². The maximum atomic E-state index is 12.1. The van der Waals surface area contributed by atoms with E-state index in [0.29, 0.717) is 6.42 Å². The van der Waals surface area contributed by atoms with Crippen LogP contribution < -0.4 is 0 Å². The first kappa shape index (κ1) is 14.5. The van der Waals surface area contributed by atoms with Gasteiger partial charge in [-0.25, -0.2) is 0 Å². The SMILES string of the molecule is CCN1C2=C(S/C1=C/C(=S)c1ccccc1)C(=O)CCC2. The zero-order valence-corrected chi connectivity index (χ0v) is 13.6. The molecule has 3 rings (SSSR count). The second-order valence-corrected chi connectivity index (χ2v) is 6.58. The van der Waals surface area contributed by atoms with E-state index in [4.69, 9.17) is 12.2 Å². The van der Waals surface area contributed by atoms with Crippen molar-refractivity contribution < 1.29 is 4.79 Å². The van der Waals surface area contributed by atoms with E-state index in [2.05, 4.69) is 11.8 Å². The van der Waals surface area contributed by atoms with Crippen molar-refractivity contribution in [3.63, 3.8) is 0 Å². The van der Waals surface area contributed by atoms with Gasteiger partial charge >= 0.3 is 0 Å². The third-order valence-electron chi connectivity index (χ3n) is 3.76. The summed E-state index contributed by atoms with van der Waals surface area (Å²) in [5.74, 6) is 0.286. The highest BCUT2D eigenvalue weighted by Crippen LogP contribution is 2.46. The lowest BCUT2D eigenvalue weighted by atomic mass is 10.0. The van der Waals surface area contributed by atoms with E-state index in [-0.39, 0.29) is 5.78 Å². The molecule has 0 amide bonds. The first-order valence-electron chi connectivity index (χ1n) is 7.23. The summed E-state index contributed by atoms with van der Waals surface area (Å²) in [5.41, 5.74) is 2.24. The lowest BCUT2D eigenvalue weighted by Crippen LogP contribution is -2.20. The predicted molar refractivity (Wildman–Crippen MR) is 92.1 cm³/mol. The van der Waals surface area contributed by atoms with Gasteiger partial charge in [0.2, 0.25) is 0 Å². The number of allylic oxidation sites excluding steroid dienone is 3. The fraction of sp³-hybridized carbons (Fsp3) is 0.294. The van der Waals surface area contributed by atoms with Gasteiger partial charge in [-0.05, 0) is 31.4 Å². The molecule has 1 aliphatic heterocycles. The van der Waals surface area contributed by atoms with Crippen LogP contribution in [0.4, 0.5) is 0 Å². The average Bonchev–Trinajstić information content (AvgIpc) is 2.87. The van der Waals surface area contributed by atoms with Crippen LogP contribution in [-0.4, -0.2) is 22.1 Å². The number of benzene rings is 1. The summed E-state index contributed by atoms with van der Waals surface area (Å²) in [6.45, 7) is 3.00. The lowest BCUT2D eigenvalue weighted by Gasteiger charge is -2.23. The van der Waals surface area contributed by atoms with Gasteiger partial charge in [-0.15, -0.1) is 0 Å². The van der Waals surface area contributed by atoms with Gasteiger partial charge in [-0.1, -0.05) is 54.3 Å². The third kappa shape index (κ3) is 2.83. The Balaban J connectivity index is 1.89. The number of ketones is 1. The van der Waals surface area contributed by atoms with Crippen LogP contribution in [0.25, 0.3) is 0 Å². The van der Waals surface area contributed by atoms with Gasteiger partial charge in [0.05, 0.1) is 9.93 Å². The number of carbonyl (C=O) groups excluding carboxylic acids is 1. The Labute approximate surface area is 134 Å². The Bertz CT molecular complexity index is 646. The summed E-state index contributed by atoms with van der Waals surface area (Å²) < 4.78 is 0. The van der Waals surface area contributed by atoms with Gasteiger partial charge in [0.25, 0.3) is 0 Å². The van der Waals surface area contributed by atoms with Gasteiger partial charge in [0.1, 0.15) is 0 Å². The highest BCUT2D eigenvalue weighted by molar-refractivity contribution is 8.07. The van der Waals surface area contributed by atoms with E-state index < -0.39 is 0 Å². The molecule has 0 fully saturated rings. The summed E-state index contributed by atoms with van der Waals surface area (Å²) >= 11 is 7.12. The van der Waals surface area contributed by atoms with E-state index in [0.717, 1.165) is 39.7 Å². The normalized spacial score (nSPS) is 20.1. The maximum absolute atomic E-state index is 12.1. The average molecular weight is 315 g/mol. The van der Waals surface area contributed by atoms with Crippen molar-refractivity contribution in [2.45, 2.75) is 26.2 Å². The molecule has 0 atom stereocenters. The number of thiocarbonyl (C=S) groups is 1. The maximum Gasteiger partial charge on any atom is 0.171 e. The fourth-order valence-electron chi connectivity index (χ4n) is 2.72. The quantitative estimate of drug-likeness (QED) is 0.471. The first-order valence-corrected chi connectivity index (χ1v) is 8.46. The van der Waals surface area contributed by atoms with Crippen LogP contribution >= 0.6 is 24.0 Å². The third-order valence-corrected chi connectivity index (χ3v) is 5.33. The summed E-state index contributed by atoms with van der Waals surface area (Å²) in [6.07, 6.45) is 4.67. The predicted octanol–water partition coefficient (Wildman–Crippen LogP) is 4.28. The first-order chi connectivity index (χ1) is 10.2. The van der Waals surface area contributed by atoms with Crippen LogP contribution in [0.5, 0.6) is 0 Å². The number of carbonyl (C=O) groups is 1. The zero-order valence-electron chi connectivity index (χ0n) is 12.0. The smallest absolute Gasteiger partial charge is 0.171 e. The van der Waals surface area contributed by atoms with Crippen molar-refractivity contribution in [3.8, 4) is 0 Å². The number of Topliss-reactive ketones (excluding diaryl/α,β-unsaturated/α-hetero) is 1. The van der Waals surface area contributed by atoms with Gasteiger partial charge in [0.15, 0.2) is 5.78 Å². The van der Waals surface area contributed by atoms with Gasteiger partial charge in [0, 0.05) is 23.5 Å². The van der Waals surface area contributed by atoms with Crippen molar-refractivity contribution >= 4 is 34.6 Å². The van der Waals surface area contributed by atoms with Crippen LogP contribution in [-0.2, 0) is 4.79 Å². The fourth-order valence-corrected chi connectivity index (χ4v) is 4.33. The number of rotatable bonds is 3. The molecule has 0 aromatic heterocycles. The number of hydrogen-bond acceptors (Lipinski definition) is 4. The largest absolute Gasteiger partial charge is 0.339 e. The van der Waals surface area contributed by atoms with Gasteiger partial charge in [-0.2, -0.15) is 0 Å². The summed E-state index contributed by atoms with van der Waals surface area (Å²) in [4.78, 5) is 16.1. The summed E-state index contributed by atoms with van der Waals surface area (Å²) in [6, 6.07) is 10.0. The molecule has 0 saturated carbocycles. The van der Waals surface area contributed by atoms with Gasteiger partial charge < -0.3 is 4.90 Å². The Kier molecular flexibility index (Phi) is 4.27. The molecular formula is C17H17NOS2. The number of hydrogen-bond donors (Lipinski definition) is 0. The van der Waals surface area contributed by atoms with Crippen LogP contribution in [0.15, 0.2) is 52.0 Å². The van der Waals surface area contributed by atoms with Crippen LogP contribution in [0.1, 0.15) is 31.7 Å². The molecule has 0 unspecified atom stereocenters. The second kappa shape index (κ2) is 6.16. The minimum atomic E-state index is 0.286. The minimum Gasteiger partial charge on any atom is -0.339 e. The Morgan fingerprint density at radius 2 is 2.10 bits per heavy atom. The van der Waals surface area contributed by atoms with E-state index in [9.17, 15) is 4.79 Å². The van der Waals surface area contributed by atoms with Crippen molar-refractivity contribution in [3.05, 3.63) is 57.6 Å². The topological polar surface area (TPSA) is 20.3 Å². The zero-order chi connectivity index (χ0) is 14.8. The van der Waals surface area contributed by atoms with Crippen molar-refractivity contribution in [2.24, 2.45) is 0 Å². The molecule has 2 aliphatic rings. The van der Waals surface area contributed by atoms with Gasteiger partial charge in [-0.3, -0.25) is 4.79 Å². The lowest BCUT2D eigenvalue weighted by molar-refractivity contribution is -0.115. The molecule has 0 radical (unpaired) electrons. The molecule has 21 heavy (non-hydrogen) atoms. The molecule has 1 aliphatic carbocycles. The van der Waals surface area contributed by atoms with Crippen LogP contribution in [0.2, 0.25) is 0 Å². The van der Waals surface area contributed by atoms with Crippen molar-refractivity contribution in [1.82, 2.24) is 4.90 Å². The van der Waals surface area contributed by atoms with E-state index in [1.807, 2.05) is 36.4 Å². The molecule has 4 heteroatoms. The molecule has 0 bridgehead atoms. The van der Waals surface area contributed by atoms with E-state index in [1.165, 1.54) is 5.70 Å². The molecule has 0 saturated heterocycles. The van der Waals surface area contributed by atoms with E-state index >= 15 is 0 Å². The van der Waals surface area contributed by atoms with Crippen molar-refractivity contribution in [1.29, 1.82) is 0 Å². The van der Waals surface area contributed by atoms with Crippen LogP contribution in [0.3, 0.4) is 0 Å². The minimum absolute atomic E-state index is 0.286. The van der Waals surface area contributed by atoms with Crippen molar-refractivity contribution in [2.75, 3.05) is 6.54 Å². The Morgan fingerprint density at radius 3 is 2.81 bits per heavy atom.